The van der Waals surface area contributed by atoms with Gasteiger partial charge in [-0.25, -0.2) is 18.4 Å². The molecule has 1 amide bonds. The van der Waals surface area contributed by atoms with Crippen molar-refractivity contribution in [3.63, 3.8) is 0 Å². The van der Waals surface area contributed by atoms with Crippen LogP contribution in [0.25, 0.3) is 0 Å². The molecule has 0 atom stereocenters. The molecule has 0 aliphatic carbocycles. The number of benzene rings is 1. The number of halogens is 1. The number of carbonyl (C=O) groups is 1. The maximum atomic E-state index is 12.6. The van der Waals surface area contributed by atoms with Crippen LogP contribution in [0, 0.1) is 11.3 Å². The molecule has 3 N–H and O–H groups in total. The molecular formula is C17H12BrN5O3S3. The highest BCUT2D eigenvalue weighted by molar-refractivity contribution is 9.11. The van der Waals surface area contributed by atoms with Gasteiger partial charge in [0.1, 0.15) is 14.9 Å². The highest BCUT2D eigenvalue weighted by Crippen LogP contribution is 2.32. The summed E-state index contributed by atoms with van der Waals surface area (Å²) in [5, 5.41) is 11.7. The van der Waals surface area contributed by atoms with Crippen LogP contribution >= 0.6 is 39.0 Å². The first kappa shape index (κ1) is 21.3. The summed E-state index contributed by atoms with van der Waals surface area (Å²) >= 11 is 5.30. The largest absolute Gasteiger partial charge is 0.382 e. The summed E-state index contributed by atoms with van der Waals surface area (Å²) in [4.78, 5) is 19.9. The first-order valence-corrected chi connectivity index (χ1v) is 11.9. The number of thiophene rings is 1. The van der Waals surface area contributed by atoms with Gasteiger partial charge in [0.05, 0.1) is 27.4 Å². The van der Waals surface area contributed by atoms with E-state index in [9.17, 15) is 13.2 Å². The van der Waals surface area contributed by atoms with Gasteiger partial charge in [0.25, 0.3) is 0 Å². The van der Waals surface area contributed by atoms with E-state index in [4.69, 9.17) is 11.0 Å². The summed E-state index contributed by atoms with van der Waals surface area (Å²) in [6.45, 7) is 0. The number of hydrogen-bond acceptors (Lipinski definition) is 9. The number of thioether (sulfide) groups is 1. The van der Waals surface area contributed by atoms with Crippen molar-refractivity contribution in [3.05, 3.63) is 51.9 Å². The molecule has 148 valence electrons. The number of sulfone groups is 1. The van der Waals surface area contributed by atoms with Gasteiger partial charge in [0.15, 0.2) is 5.16 Å². The number of anilines is 2. The molecule has 3 rings (SSSR count). The second-order valence-corrected chi connectivity index (χ2v) is 11.0. The Labute approximate surface area is 183 Å². The maximum Gasteiger partial charge on any atom is 0.234 e. The van der Waals surface area contributed by atoms with Gasteiger partial charge in [-0.2, -0.15) is 5.26 Å². The molecule has 0 saturated carbocycles. The van der Waals surface area contributed by atoms with Gasteiger partial charge in [-0.1, -0.05) is 17.8 Å². The molecule has 3 aromatic rings. The zero-order valence-corrected chi connectivity index (χ0v) is 18.5. The fourth-order valence-electron chi connectivity index (χ4n) is 2.19. The molecule has 8 nitrogen and oxygen atoms in total. The number of rotatable bonds is 6. The lowest BCUT2D eigenvalue weighted by Crippen LogP contribution is -2.14. The van der Waals surface area contributed by atoms with E-state index >= 15 is 0 Å². The topological polar surface area (TPSA) is 139 Å². The number of nitrogens with two attached hydrogens (primary N) is 1. The highest BCUT2D eigenvalue weighted by Gasteiger charge is 2.24. The van der Waals surface area contributed by atoms with Gasteiger partial charge in [-0.3, -0.25) is 4.79 Å². The quantitative estimate of drug-likeness (QED) is 0.380. The smallest absolute Gasteiger partial charge is 0.234 e. The molecule has 0 bridgehead atoms. The molecule has 0 radical (unpaired) electrons. The van der Waals surface area contributed by atoms with Crippen molar-refractivity contribution >= 4 is 66.3 Å². The van der Waals surface area contributed by atoms with E-state index in [2.05, 4.69) is 31.2 Å². The number of hydrogen-bond donors (Lipinski definition) is 2. The van der Waals surface area contributed by atoms with Crippen molar-refractivity contribution in [3.8, 4) is 6.07 Å². The number of nitriles is 1. The molecule has 0 spiro atoms. The molecule has 0 aliphatic heterocycles. The van der Waals surface area contributed by atoms with Crippen LogP contribution in [0.15, 0.2) is 60.6 Å². The van der Waals surface area contributed by atoms with E-state index in [1.54, 1.807) is 30.3 Å². The standard InChI is InChI=1S/C17H12BrN5O3S3/c18-13-4-5-15(28-13)29(25,26)12-8-21-17(23-16(12)20)27-9-14(24)22-11-3-1-2-10(6-11)7-19/h1-6,8H,9H2,(H,22,24)(H2,20,21,23). The van der Waals surface area contributed by atoms with Crippen molar-refractivity contribution in [2.45, 2.75) is 14.3 Å². The van der Waals surface area contributed by atoms with E-state index in [-0.39, 0.29) is 31.7 Å². The predicted octanol–water partition coefficient (Wildman–Crippen LogP) is 3.32. The van der Waals surface area contributed by atoms with Crippen LogP contribution in [-0.4, -0.2) is 30.0 Å². The Morgan fingerprint density at radius 1 is 1.34 bits per heavy atom. The number of nitrogens with one attached hydrogen (secondary N) is 1. The van der Waals surface area contributed by atoms with Gasteiger partial charge < -0.3 is 11.1 Å². The third kappa shape index (κ3) is 5.13. The summed E-state index contributed by atoms with van der Waals surface area (Å²) in [6.07, 6.45) is 1.14. The molecule has 2 aromatic heterocycles. The average molecular weight is 510 g/mol. The van der Waals surface area contributed by atoms with E-state index in [0.29, 0.717) is 15.0 Å². The Balaban J connectivity index is 1.67. The second kappa shape index (κ2) is 8.91. The number of aromatic nitrogens is 2. The first-order valence-electron chi connectivity index (χ1n) is 7.85. The normalized spacial score (nSPS) is 11.0. The fraction of sp³-hybridized carbons (Fsp3) is 0.0588. The first-order chi connectivity index (χ1) is 13.8. The zero-order chi connectivity index (χ0) is 21.0. The summed E-state index contributed by atoms with van der Waals surface area (Å²) in [6, 6.07) is 11.6. The number of carbonyl (C=O) groups excluding carboxylic acids is 1. The maximum absolute atomic E-state index is 12.6. The van der Waals surface area contributed by atoms with Crippen LogP contribution in [0.3, 0.4) is 0 Å². The lowest BCUT2D eigenvalue weighted by molar-refractivity contribution is -0.113. The van der Waals surface area contributed by atoms with Crippen LogP contribution in [0.5, 0.6) is 0 Å². The fourth-order valence-corrected chi connectivity index (χ4v) is 6.21. The van der Waals surface area contributed by atoms with Crippen molar-refractivity contribution in [1.82, 2.24) is 9.97 Å². The summed E-state index contributed by atoms with van der Waals surface area (Å²) in [7, 11) is -3.82. The Hall–Kier alpha value is -2.46. The third-order valence-electron chi connectivity index (χ3n) is 3.47. The van der Waals surface area contributed by atoms with E-state index in [1.165, 1.54) is 6.07 Å². The molecule has 2 heterocycles. The lowest BCUT2D eigenvalue weighted by atomic mass is 10.2. The Morgan fingerprint density at radius 2 is 2.14 bits per heavy atom. The van der Waals surface area contributed by atoms with Crippen molar-refractivity contribution < 1.29 is 13.2 Å². The monoisotopic (exact) mass is 509 g/mol. The van der Waals surface area contributed by atoms with Crippen LogP contribution in [0.1, 0.15) is 5.56 Å². The minimum absolute atomic E-state index is 0.0137. The van der Waals surface area contributed by atoms with Crippen molar-refractivity contribution in [1.29, 1.82) is 5.26 Å². The van der Waals surface area contributed by atoms with Gasteiger partial charge >= 0.3 is 0 Å². The third-order valence-corrected chi connectivity index (χ3v) is 8.22. The summed E-state index contributed by atoms with van der Waals surface area (Å²) in [5.41, 5.74) is 6.76. The second-order valence-electron chi connectivity index (χ2n) is 5.49. The van der Waals surface area contributed by atoms with Gasteiger partial charge in [0.2, 0.25) is 15.7 Å². The molecule has 12 heteroatoms. The number of nitrogens with zero attached hydrogens (tertiary/aromatic N) is 3. The van der Waals surface area contributed by atoms with Crippen LogP contribution in [0.4, 0.5) is 11.5 Å². The Morgan fingerprint density at radius 3 is 2.79 bits per heavy atom. The van der Waals surface area contributed by atoms with Crippen LogP contribution < -0.4 is 11.1 Å². The Kier molecular flexibility index (Phi) is 6.53. The summed E-state index contributed by atoms with van der Waals surface area (Å²) in [5.74, 6) is -0.526. The number of amides is 1. The molecule has 0 fully saturated rings. The SMILES string of the molecule is N#Cc1cccc(NC(=O)CSc2ncc(S(=O)(=O)c3ccc(Br)s3)c(N)n2)c1. The Bertz CT molecular complexity index is 1220. The molecule has 0 saturated heterocycles. The van der Waals surface area contributed by atoms with Crippen LogP contribution in [-0.2, 0) is 14.6 Å². The minimum atomic E-state index is -3.82. The highest BCUT2D eigenvalue weighted by atomic mass is 79.9. The van der Waals surface area contributed by atoms with Crippen molar-refractivity contribution in [2.24, 2.45) is 0 Å². The van der Waals surface area contributed by atoms with E-state index < -0.39 is 9.84 Å². The summed E-state index contributed by atoms with van der Waals surface area (Å²) < 4.78 is 26.1. The lowest BCUT2D eigenvalue weighted by Gasteiger charge is -2.07. The predicted molar refractivity (Wildman–Crippen MR) is 114 cm³/mol. The molecule has 29 heavy (non-hydrogen) atoms. The molecule has 1 aromatic carbocycles. The van der Waals surface area contributed by atoms with Crippen LogP contribution in [0.2, 0.25) is 0 Å². The minimum Gasteiger partial charge on any atom is -0.382 e. The van der Waals surface area contributed by atoms with Gasteiger partial charge in [-0.05, 0) is 46.3 Å². The van der Waals surface area contributed by atoms with Gasteiger partial charge in [0, 0.05) is 5.69 Å². The molecule has 0 unspecified atom stereocenters. The number of nitrogen functional groups attached to an aromatic ring is 1. The van der Waals surface area contributed by atoms with E-state index in [0.717, 1.165) is 29.3 Å². The molecule has 0 aliphatic rings. The molecular weight excluding hydrogens is 498 g/mol. The van der Waals surface area contributed by atoms with Crippen molar-refractivity contribution in [2.75, 3.05) is 16.8 Å². The van der Waals surface area contributed by atoms with E-state index in [1.807, 2.05) is 6.07 Å². The van der Waals surface area contributed by atoms with Gasteiger partial charge in [-0.15, -0.1) is 11.3 Å². The average Bonchev–Trinajstić information content (AvgIpc) is 3.13. The zero-order valence-electron chi connectivity index (χ0n) is 14.5.